The summed E-state index contributed by atoms with van der Waals surface area (Å²) in [5.74, 6) is 2.45. The lowest BCUT2D eigenvalue weighted by atomic mass is 9.71. The predicted octanol–water partition coefficient (Wildman–Crippen LogP) is 4.93. The molecular weight excluding hydrogens is 326 g/mol. The van der Waals surface area contributed by atoms with Gasteiger partial charge in [0.05, 0.1) is 11.6 Å². The average molecular weight is 354 g/mol. The number of hydrogen-bond acceptors (Lipinski definition) is 2. The smallest absolute Gasteiger partial charge is 0.133 e. The quantitative estimate of drug-likeness (QED) is 0.813. The minimum Gasteiger partial charge on any atom is -0.496 e. The molecule has 1 aliphatic rings. The third kappa shape index (κ3) is 4.72. The molecule has 1 aromatic rings. The van der Waals surface area contributed by atoms with Crippen LogP contribution in [0.4, 0.5) is 0 Å². The maximum atomic E-state index is 6.73. The van der Waals surface area contributed by atoms with Gasteiger partial charge in [-0.15, -0.1) is 0 Å². The van der Waals surface area contributed by atoms with Crippen LogP contribution in [0.1, 0.15) is 51.5 Å². The summed E-state index contributed by atoms with van der Waals surface area (Å²) in [6.07, 6.45) is 7.20. The van der Waals surface area contributed by atoms with Gasteiger partial charge in [-0.1, -0.05) is 32.8 Å². The molecule has 1 saturated carbocycles. The summed E-state index contributed by atoms with van der Waals surface area (Å²) in [7, 11) is 1.70. The van der Waals surface area contributed by atoms with Crippen LogP contribution in [-0.4, -0.2) is 12.6 Å². The van der Waals surface area contributed by atoms with Crippen molar-refractivity contribution in [2.75, 3.05) is 7.11 Å². The maximum Gasteiger partial charge on any atom is 0.133 e. The fraction of sp³-hybridized carbons (Fsp3) is 0.667. The highest BCUT2D eigenvalue weighted by Crippen LogP contribution is 2.37. The van der Waals surface area contributed by atoms with Gasteiger partial charge in [-0.25, -0.2) is 0 Å². The van der Waals surface area contributed by atoms with Crippen molar-refractivity contribution in [3.05, 3.63) is 28.2 Å². The number of ether oxygens (including phenoxy) is 1. The molecule has 0 bridgehead atoms. The molecule has 1 aromatic carbocycles. The Morgan fingerprint density at radius 2 is 2.19 bits per heavy atom. The number of hydrogen-bond donors (Lipinski definition) is 1. The molecule has 2 rings (SSSR count). The second-order valence-corrected chi connectivity index (χ2v) is 7.95. The summed E-state index contributed by atoms with van der Waals surface area (Å²) in [5, 5.41) is 0. The number of nitrogens with two attached hydrogens (primary N) is 1. The zero-order valence-electron chi connectivity index (χ0n) is 13.5. The van der Waals surface area contributed by atoms with Crippen LogP contribution in [0.3, 0.4) is 0 Å². The van der Waals surface area contributed by atoms with Gasteiger partial charge in [-0.05, 0) is 71.1 Å². The van der Waals surface area contributed by atoms with Crippen LogP contribution >= 0.6 is 15.9 Å². The molecule has 1 aliphatic carbocycles. The van der Waals surface area contributed by atoms with Crippen LogP contribution in [0.5, 0.6) is 5.75 Å². The van der Waals surface area contributed by atoms with Gasteiger partial charge in [0.2, 0.25) is 0 Å². The minimum absolute atomic E-state index is 0.0359. The third-order valence-electron chi connectivity index (χ3n) is 4.56. The fourth-order valence-electron chi connectivity index (χ4n) is 3.78. The molecule has 1 fully saturated rings. The number of rotatable bonds is 5. The minimum atomic E-state index is -0.0359. The molecule has 2 atom stereocenters. The van der Waals surface area contributed by atoms with E-state index in [1.165, 1.54) is 24.8 Å². The summed E-state index contributed by atoms with van der Waals surface area (Å²) in [6.45, 7) is 4.63. The van der Waals surface area contributed by atoms with E-state index < -0.39 is 0 Å². The number of halogens is 1. The molecule has 0 aliphatic heterocycles. The lowest BCUT2D eigenvalue weighted by molar-refractivity contribution is 0.200. The second-order valence-electron chi connectivity index (χ2n) is 7.10. The predicted molar refractivity (Wildman–Crippen MR) is 92.7 cm³/mol. The van der Waals surface area contributed by atoms with E-state index in [0.29, 0.717) is 0 Å². The van der Waals surface area contributed by atoms with E-state index in [9.17, 15) is 0 Å². The van der Waals surface area contributed by atoms with Gasteiger partial charge in [-0.2, -0.15) is 0 Å². The van der Waals surface area contributed by atoms with Crippen LogP contribution in [0.2, 0.25) is 0 Å². The third-order valence-corrected chi connectivity index (χ3v) is 5.18. The van der Waals surface area contributed by atoms with E-state index >= 15 is 0 Å². The topological polar surface area (TPSA) is 35.2 Å². The standard InChI is InChI=1S/C18H28BrNO/c1-13(2)9-14-5-4-8-18(20,11-14)12-15-6-7-17(21-3)16(19)10-15/h6-7,10,13-14H,4-5,8-9,11-12,20H2,1-3H3. The summed E-state index contributed by atoms with van der Waals surface area (Å²) in [5.41, 5.74) is 8.00. The first-order chi connectivity index (χ1) is 9.92. The molecule has 0 aromatic heterocycles. The van der Waals surface area contributed by atoms with E-state index in [4.69, 9.17) is 10.5 Å². The Balaban J connectivity index is 2.04. The van der Waals surface area contributed by atoms with Crippen molar-refractivity contribution >= 4 is 15.9 Å². The van der Waals surface area contributed by atoms with Crippen LogP contribution in [0, 0.1) is 11.8 Å². The molecule has 0 amide bonds. The summed E-state index contributed by atoms with van der Waals surface area (Å²) in [6, 6.07) is 6.32. The van der Waals surface area contributed by atoms with Crippen molar-refractivity contribution in [1.82, 2.24) is 0 Å². The Morgan fingerprint density at radius 3 is 2.81 bits per heavy atom. The van der Waals surface area contributed by atoms with Crippen LogP contribution in [0.25, 0.3) is 0 Å². The highest BCUT2D eigenvalue weighted by Gasteiger charge is 2.33. The van der Waals surface area contributed by atoms with Crippen molar-refractivity contribution in [1.29, 1.82) is 0 Å². The van der Waals surface area contributed by atoms with Gasteiger partial charge >= 0.3 is 0 Å². The zero-order valence-corrected chi connectivity index (χ0v) is 15.1. The van der Waals surface area contributed by atoms with Gasteiger partial charge in [0.15, 0.2) is 0 Å². The first-order valence-corrected chi connectivity index (χ1v) is 8.82. The van der Waals surface area contributed by atoms with Crippen LogP contribution < -0.4 is 10.5 Å². The zero-order chi connectivity index (χ0) is 15.5. The molecule has 2 N–H and O–H groups in total. The van der Waals surface area contributed by atoms with Gasteiger partial charge in [-0.3, -0.25) is 0 Å². The van der Waals surface area contributed by atoms with Crippen molar-refractivity contribution in [2.45, 2.75) is 57.9 Å². The van der Waals surface area contributed by atoms with Crippen molar-refractivity contribution in [2.24, 2.45) is 17.6 Å². The van der Waals surface area contributed by atoms with E-state index in [2.05, 4.69) is 41.9 Å². The van der Waals surface area contributed by atoms with E-state index in [0.717, 1.165) is 41.3 Å². The Kier molecular flexibility index (Phi) is 5.73. The molecule has 0 radical (unpaired) electrons. The molecule has 2 nitrogen and oxygen atoms in total. The number of benzene rings is 1. The monoisotopic (exact) mass is 353 g/mol. The first-order valence-electron chi connectivity index (χ1n) is 8.03. The lowest BCUT2D eigenvalue weighted by Crippen LogP contribution is -2.46. The molecular formula is C18H28BrNO. The summed E-state index contributed by atoms with van der Waals surface area (Å²) >= 11 is 3.57. The first kappa shape index (κ1) is 16.8. The Morgan fingerprint density at radius 1 is 1.43 bits per heavy atom. The van der Waals surface area contributed by atoms with Crippen molar-refractivity contribution in [3.8, 4) is 5.75 Å². The van der Waals surface area contributed by atoms with Crippen molar-refractivity contribution < 1.29 is 4.74 Å². The number of methoxy groups -OCH3 is 1. The Hall–Kier alpha value is -0.540. The summed E-state index contributed by atoms with van der Waals surface area (Å²) < 4.78 is 6.31. The Labute approximate surface area is 137 Å². The van der Waals surface area contributed by atoms with E-state index in [1.807, 2.05) is 6.07 Å². The highest BCUT2D eigenvalue weighted by molar-refractivity contribution is 9.10. The largest absolute Gasteiger partial charge is 0.496 e. The van der Waals surface area contributed by atoms with Crippen LogP contribution in [0.15, 0.2) is 22.7 Å². The SMILES string of the molecule is COc1ccc(CC2(N)CCCC(CC(C)C)C2)cc1Br. The molecule has 0 heterocycles. The molecule has 118 valence electrons. The van der Waals surface area contributed by atoms with Gasteiger partial charge in [0, 0.05) is 5.54 Å². The van der Waals surface area contributed by atoms with Gasteiger partial charge in [0.1, 0.15) is 5.75 Å². The van der Waals surface area contributed by atoms with E-state index in [1.54, 1.807) is 7.11 Å². The van der Waals surface area contributed by atoms with Gasteiger partial charge < -0.3 is 10.5 Å². The molecule has 2 unspecified atom stereocenters. The fourth-order valence-corrected chi connectivity index (χ4v) is 4.36. The van der Waals surface area contributed by atoms with E-state index in [-0.39, 0.29) is 5.54 Å². The molecule has 0 saturated heterocycles. The van der Waals surface area contributed by atoms with Gasteiger partial charge in [0.25, 0.3) is 0 Å². The highest BCUT2D eigenvalue weighted by atomic mass is 79.9. The molecule has 21 heavy (non-hydrogen) atoms. The molecule has 0 spiro atoms. The second kappa shape index (κ2) is 7.15. The normalized spacial score (nSPS) is 26.1. The van der Waals surface area contributed by atoms with Crippen LogP contribution in [-0.2, 0) is 6.42 Å². The average Bonchev–Trinajstić information content (AvgIpc) is 2.37. The van der Waals surface area contributed by atoms with Crippen molar-refractivity contribution in [3.63, 3.8) is 0 Å². The lowest BCUT2D eigenvalue weighted by Gasteiger charge is -2.39. The maximum absolute atomic E-state index is 6.73. The summed E-state index contributed by atoms with van der Waals surface area (Å²) in [4.78, 5) is 0. The Bertz CT molecular complexity index is 474. The molecule has 3 heteroatoms.